The third-order valence-corrected chi connectivity index (χ3v) is 2.81. The number of carbonyl (C=O) groups excluding carboxylic acids is 2. The van der Waals surface area contributed by atoms with Gasteiger partial charge in [0.25, 0.3) is 0 Å². The highest BCUT2D eigenvalue weighted by atomic mass is 16.1. The molecular weight excluding hydrogens is 264 g/mol. The van der Waals surface area contributed by atoms with Gasteiger partial charge in [0, 0.05) is 30.3 Å². The van der Waals surface area contributed by atoms with Crippen molar-refractivity contribution in [1.82, 2.24) is 4.90 Å². The van der Waals surface area contributed by atoms with Crippen molar-refractivity contribution in [3.05, 3.63) is 42.0 Å². The second kappa shape index (κ2) is 8.37. The third-order valence-electron chi connectivity index (χ3n) is 2.81. The Morgan fingerprint density at radius 2 is 1.81 bits per heavy atom. The van der Waals surface area contributed by atoms with Crippen LogP contribution in [0.2, 0.25) is 0 Å². The minimum absolute atomic E-state index is 0.133. The van der Waals surface area contributed by atoms with Gasteiger partial charge < -0.3 is 10.2 Å². The first-order chi connectivity index (χ1) is 9.88. The average Bonchev–Trinajstić information content (AvgIpc) is 2.38. The van der Waals surface area contributed by atoms with Crippen molar-refractivity contribution in [3.63, 3.8) is 0 Å². The predicted octanol–water partition coefficient (Wildman–Crippen LogP) is 2.97. The van der Waals surface area contributed by atoms with Crippen LogP contribution in [0.15, 0.2) is 36.4 Å². The van der Waals surface area contributed by atoms with E-state index in [4.69, 9.17) is 0 Å². The molecule has 0 aliphatic heterocycles. The fourth-order valence-electron chi connectivity index (χ4n) is 1.78. The Bertz CT molecular complexity index is 502. The van der Waals surface area contributed by atoms with Crippen molar-refractivity contribution in [1.29, 1.82) is 0 Å². The van der Waals surface area contributed by atoms with Gasteiger partial charge in [-0.25, -0.2) is 0 Å². The summed E-state index contributed by atoms with van der Waals surface area (Å²) in [5.41, 5.74) is 1.38. The van der Waals surface area contributed by atoms with Crippen molar-refractivity contribution < 1.29 is 9.59 Å². The van der Waals surface area contributed by atoms with Crippen LogP contribution >= 0.6 is 0 Å². The molecule has 0 bridgehead atoms. The van der Waals surface area contributed by atoms with E-state index in [0.29, 0.717) is 23.6 Å². The van der Waals surface area contributed by atoms with E-state index in [-0.39, 0.29) is 11.7 Å². The molecule has 0 saturated carbocycles. The highest BCUT2D eigenvalue weighted by Crippen LogP contribution is 2.13. The van der Waals surface area contributed by atoms with Gasteiger partial charge in [-0.2, -0.15) is 0 Å². The lowest BCUT2D eigenvalue weighted by Gasteiger charge is -2.06. The summed E-state index contributed by atoms with van der Waals surface area (Å²) in [5.74, 6) is 0.311. The summed E-state index contributed by atoms with van der Waals surface area (Å²) in [5, 5.41) is 2.77. The molecular formula is C17H24N2O2. The summed E-state index contributed by atoms with van der Waals surface area (Å²) in [7, 11) is 3.88. The number of rotatable bonds is 7. The summed E-state index contributed by atoms with van der Waals surface area (Å²) in [6.07, 6.45) is 3.85. The van der Waals surface area contributed by atoms with Crippen molar-refractivity contribution in [2.45, 2.75) is 20.3 Å². The van der Waals surface area contributed by atoms with Crippen LogP contribution in [0.25, 0.3) is 0 Å². The van der Waals surface area contributed by atoms with Gasteiger partial charge in [-0.1, -0.05) is 19.9 Å². The molecule has 0 aliphatic carbocycles. The summed E-state index contributed by atoms with van der Waals surface area (Å²) in [6, 6.07) is 7.02. The Hall–Kier alpha value is -1.94. The molecule has 1 rings (SSSR count). The van der Waals surface area contributed by atoms with Gasteiger partial charge in [-0.15, -0.1) is 0 Å². The summed E-state index contributed by atoms with van der Waals surface area (Å²) < 4.78 is 0. The fraction of sp³-hybridized carbons (Fsp3) is 0.412. The third kappa shape index (κ3) is 6.86. The van der Waals surface area contributed by atoms with E-state index in [1.54, 1.807) is 30.3 Å². The van der Waals surface area contributed by atoms with Gasteiger partial charge in [0.05, 0.1) is 0 Å². The van der Waals surface area contributed by atoms with Crippen LogP contribution in [0.5, 0.6) is 0 Å². The molecule has 0 atom stereocenters. The number of hydrogen-bond donors (Lipinski definition) is 1. The standard InChI is InChI=1S/C17H24N2O2/c1-13(2)12-16(20)14-7-9-15(10-8-14)18-17(21)6-5-11-19(3)4/h5-10,13H,11-12H2,1-4H3,(H,18,21). The number of nitrogens with one attached hydrogen (secondary N) is 1. The minimum atomic E-state index is -0.168. The van der Waals surface area contributed by atoms with Crippen molar-refractivity contribution >= 4 is 17.4 Å². The first kappa shape index (κ1) is 17.1. The normalized spacial score (nSPS) is 11.3. The number of nitrogens with zero attached hydrogens (tertiary/aromatic N) is 1. The average molecular weight is 288 g/mol. The molecule has 1 aromatic rings. The molecule has 1 aromatic carbocycles. The molecule has 0 unspecified atom stereocenters. The van der Waals surface area contributed by atoms with Crippen LogP contribution in [0.4, 0.5) is 5.69 Å². The van der Waals surface area contributed by atoms with Crippen LogP contribution in [0.3, 0.4) is 0 Å². The smallest absolute Gasteiger partial charge is 0.248 e. The summed E-state index contributed by atoms with van der Waals surface area (Å²) >= 11 is 0. The predicted molar refractivity (Wildman–Crippen MR) is 86.6 cm³/mol. The van der Waals surface area contributed by atoms with Crippen LogP contribution in [0.1, 0.15) is 30.6 Å². The molecule has 0 heterocycles. The number of carbonyl (C=O) groups is 2. The Morgan fingerprint density at radius 3 is 2.33 bits per heavy atom. The van der Waals surface area contributed by atoms with Gasteiger partial charge in [0.15, 0.2) is 5.78 Å². The first-order valence-electron chi connectivity index (χ1n) is 7.14. The zero-order chi connectivity index (χ0) is 15.8. The molecule has 0 radical (unpaired) electrons. The molecule has 1 N–H and O–H groups in total. The van der Waals surface area contributed by atoms with Crippen molar-refractivity contribution in [3.8, 4) is 0 Å². The molecule has 4 nitrogen and oxygen atoms in total. The van der Waals surface area contributed by atoms with Gasteiger partial charge >= 0.3 is 0 Å². The van der Waals surface area contributed by atoms with Crippen molar-refractivity contribution in [2.75, 3.05) is 26.0 Å². The Balaban J connectivity index is 2.56. The maximum atomic E-state index is 11.9. The number of amides is 1. The topological polar surface area (TPSA) is 49.4 Å². The zero-order valence-electron chi connectivity index (χ0n) is 13.2. The Kier molecular flexibility index (Phi) is 6.82. The number of anilines is 1. The zero-order valence-corrected chi connectivity index (χ0v) is 13.2. The molecule has 0 aromatic heterocycles. The van der Waals surface area contributed by atoms with Crippen LogP contribution < -0.4 is 5.32 Å². The van der Waals surface area contributed by atoms with Crippen LogP contribution in [-0.2, 0) is 4.79 Å². The number of benzene rings is 1. The highest BCUT2D eigenvalue weighted by Gasteiger charge is 2.08. The van der Waals surface area contributed by atoms with Crippen molar-refractivity contribution in [2.24, 2.45) is 5.92 Å². The second-order valence-corrected chi connectivity index (χ2v) is 5.75. The number of likely N-dealkylation sites (N-methyl/N-ethyl adjacent to an activating group) is 1. The van der Waals surface area contributed by atoms with E-state index >= 15 is 0 Å². The summed E-state index contributed by atoms with van der Waals surface area (Å²) in [4.78, 5) is 25.5. The Labute approximate surface area is 126 Å². The van der Waals surface area contributed by atoms with E-state index in [1.807, 2.05) is 32.8 Å². The number of Topliss-reactive ketones (excluding diaryl/α,β-unsaturated/α-hetero) is 1. The fourth-order valence-corrected chi connectivity index (χ4v) is 1.78. The first-order valence-corrected chi connectivity index (χ1v) is 7.14. The monoisotopic (exact) mass is 288 g/mol. The highest BCUT2D eigenvalue weighted by molar-refractivity contribution is 6.00. The van der Waals surface area contributed by atoms with E-state index in [9.17, 15) is 9.59 Å². The largest absolute Gasteiger partial charge is 0.323 e. The summed E-state index contributed by atoms with van der Waals surface area (Å²) in [6.45, 7) is 4.76. The van der Waals surface area contributed by atoms with Gasteiger partial charge in [-0.3, -0.25) is 9.59 Å². The van der Waals surface area contributed by atoms with Gasteiger partial charge in [0.2, 0.25) is 5.91 Å². The second-order valence-electron chi connectivity index (χ2n) is 5.75. The maximum Gasteiger partial charge on any atom is 0.248 e. The Morgan fingerprint density at radius 1 is 1.19 bits per heavy atom. The SMILES string of the molecule is CC(C)CC(=O)c1ccc(NC(=O)C=CCN(C)C)cc1. The quantitative estimate of drug-likeness (QED) is 0.620. The minimum Gasteiger partial charge on any atom is -0.323 e. The molecule has 0 fully saturated rings. The molecule has 0 aliphatic rings. The molecule has 114 valence electrons. The van der Waals surface area contributed by atoms with Gasteiger partial charge in [-0.05, 0) is 44.3 Å². The van der Waals surface area contributed by atoms with E-state index < -0.39 is 0 Å². The van der Waals surface area contributed by atoms with E-state index in [0.717, 1.165) is 6.54 Å². The lowest BCUT2D eigenvalue weighted by atomic mass is 10.0. The molecule has 0 spiro atoms. The number of ketones is 1. The molecule has 1 amide bonds. The van der Waals surface area contributed by atoms with Crippen LogP contribution in [-0.4, -0.2) is 37.2 Å². The molecule has 4 heteroatoms. The van der Waals surface area contributed by atoms with E-state index in [1.165, 1.54) is 6.08 Å². The van der Waals surface area contributed by atoms with Crippen LogP contribution in [0, 0.1) is 5.92 Å². The number of hydrogen-bond acceptors (Lipinski definition) is 3. The molecule has 21 heavy (non-hydrogen) atoms. The lowest BCUT2D eigenvalue weighted by Crippen LogP contribution is -2.13. The maximum absolute atomic E-state index is 11.9. The lowest BCUT2D eigenvalue weighted by molar-refractivity contribution is -0.111. The van der Waals surface area contributed by atoms with Gasteiger partial charge in [0.1, 0.15) is 0 Å². The molecule has 0 saturated heterocycles. The van der Waals surface area contributed by atoms with E-state index in [2.05, 4.69) is 5.32 Å².